The van der Waals surface area contributed by atoms with Gasteiger partial charge in [-0.1, -0.05) is 0 Å². The van der Waals surface area contributed by atoms with Gasteiger partial charge in [-0.15, -0.1) is 0 Å². The van der Waals surface area contributed by atoms with Crippen LogP contribution in [-0.4, -0.2) is 20.6 Å². The Kier molecular flexibility index (Phi) is 4.40. The highest BCUT2D eigenvalue weighted by molar-refractivity contribution is 7.89. The number of aryl methyl sites for hydroxylation is 1. The van der Waals surface area contributed by atoms with Crippen molar-refractivity contribution >= 4 is 10.0 Å². The van der Waals surface area contributed by atoms with E-state index in [0.29, 0.717) is 12.4 Å². The first-order chi connectivity index (χ1) is 8.15. The Morgan fingerprint density at radius 1 is 1.28 bits per heavy atom. The lowest BCUT2D eigenvalue weighted by molar-refractivity contribution is 0.337. The zero-order valence-corrected chi connectivity index (χ0v) is 12.4. The predicted molar refractivity (Wildman–Crippen MR) is 72.4 cm³/mol. The van der Waals surface area contributed by atoms with Gasteiger partial charge >= 0.3 is 0 Å². The minimum absolute atomic E-state index is 0.262. The van der Waals surface area contributed by atoms with Crippen molar-refractivity contribution in [2.45, 2.75) is 45.1 Å². The van der Waals surface area contributed by atoms with E-state index >= 15 is 0 Å². The van der Waals surface area contributed by atoms with Crippen LogP contribution in [-0.2, 0) is 10.0 Å². The summed E-state index contributed by atoms with van der Waals surface area (Å²) in [5, 5.41) is 0. The van der Waals surface area contributed by atoms with E-state index in [2.05, 4.69) is 4.72 Å². The summed E-state index contributed by atoms with van der Waals surface area (Å²) in [7, 11) is -3.48. The van der Waals surface area contributed by atoms with Crippen LogP contribution in [0.25, 0.3) is 0 Å². The lowest BCUT2D eigenvalue weighted by Crippen LogP contribution is -2.40. The van der Waals surface area contributed by atoms with Gasteiger partial charge in [0.2, 0.25) is 10.0 Å². The zero-order valence-electron chi connectivity index (χ0n) is 11.6. The molecule has 0 aromatic heterocycles. The molecule has 0 atom stereocenters. The van der Waals surface area contributed by atoms with E-state index in [4.69, 9.17) is 4.74 Å². The minimum Gasteiger partial charge on any atom is -0.494 e. The summed E-state index contributed by atoms with van der Waals surface area (Å²) >= 11 is 0. The Morgan fingerprint density at radius 3 is 2.33 bits per heavy atom. The molecule has 0 aliphatic heterocycles. The van der Waals surface area contributed by atoms with Crippen molar-refractivity contribution in [3.63, 3.8) is 0 Å². The standard InChI is InChI=1S/C13H21NO3S/c1-6-17-12-8-7-11(9-10(12)2)18(15,16)14-13(3,4)5/h7-9,14H,6H2,1-5H3. The molecule has 0 bridgehead atoms. The summed E-state index contributed by atoms with van der Waals surface area (Å²) in [4.78, 5) is 0.262. The molecule has 0 heterocycles. The van der Waals surface area contributed by atoms with Crippen LogP contribution >= 0.6 is 0 Å². The summed E-state index contributed by atoms with van der Waals surface area (Å²) in [5.74, 6) is 0.715. The van der Waals surface area contributed by atoms with Crippen molar-refractivity contribution < 1.29 is 13.2 Å². The maximum atomic E-state index is 12.1. The van der Waals surface area contributed by atoms with E-state index in [1.165, 1.54) is 0 Å². The van der Waals surface area contributed by atoms with Crippen LogP contribution in [0.4, 0.5) is 0 Å². The van der Waals surface area contributed by atoms with E-state index in [-0.39, 0.29) is 4.90 Å². The van der Waals surface area contributed by atoms with E-state index < -0.39 is 15.6 Å². The fourth-order valence-corrected chi connectivity index (χ4v) is 3.07. The normalized spacial score (nSPS) is 12.5. The number of rotatable bonds is 4. The first-order valence-corrected chi connectivity index (χ1v) is 7.41. The number of nitrogens with one attached hydrogen (secondary N) is 1. The second-order valence-corrected chi connectivity index (χ2v) is 6.90. The summed E-state index contributed by atoms with van der Waals surface area (Å²) in [5.41, 5.74) is 0.319. The van der Waals surface area contributed by atoms with Crippen LogP contribution < -0.4 is 9.46 Å². The lowest BCUT2D eigenvalue weighted by Gasteiger charge is -2.20. The van der Waals surface area contributed by atoms with Gasteiger partial charge in [-0.2, -0.15) is 0 Å². The molecular formula is C13H21NO3S. The number of hydrogen-bond acceptors (Lipinski definition) is 3. The van der Waals surface area contributed by atoms with E-state index in [0.717, 1.165) is 5.56 Å². The Balaban J connectivity index is 3.08. The molecule has 18 heavy (non-hydrogen) atoms. The topological polar surface area (TPSA) is 55.4 Å². The maximum Gasteiger partial charge on any atom is 0.241 e. The molecule has 1 aromatic rings. The molecule has 0 unspecified atom stereocenters. The Hall–Kier alpha value is -1.07. The smallest absolute Gasteiger partial charge is 0.241 e. The fourth-order valence-electron chi connectivity index (χ4n) is 1.57. The van der Waals surface area contributed by atoms with Crippen molar-refractivity contribution in [2.24, 2.45) is 0 Å². The highest BCUT2D eigenvalue weighted by Crippen LogP contribution is 2.22. The lowest BCUT2D eigenvalue weighted by atomic mass is 10.1. The van der Waals surface area contributed by atoms with E-state index in [1.807, 2.05) is 34.6 Å². The van der Waals surface area contributed by atoms with Crippen LogP contribution in [0, 0.1) is 6.92 Å². The largest absolute Gasteiger partial charge is 0.494 e. The molecule has 0 amide bonds. The van der Waals surface area contributed by atoms with Crippen LogP contribution in [0.3, 0.4) is 0 Å². The van der Waals surface area contributed by atoms with Crippen molar-refractivity contribution in [1.29, 1.82) is 0 Å². The number of benzene rings is 1. The van der Waals surface area contributed by atoms with Crippen molar-refractivity contribution in [3.8, 4) is 5.75 Å². The Morgan fingerprint density at radius 2 is 1.89 bits per heavy atom. The van der Waals surface area contributed by atoms with Crippen LogP contribution in [0.2, 0.25) is 0 Å². The molecule has 0 saturated heterocycles. The second kappa shape index (κ2) is 5.28. The highest BCUT2D eigenvalue weighted by Gasteiger charge is 2.22. The van der Waals surface area contributed by atoms with Crippen molar-refractivity contribution in [3.05, 3.63) is 23.8 Å². The number of sulfonamides is 1. The Labute approximate surface area is 109 Å². The van der Waals surface area contributed by atoms with Gasteiger partial charge in [0.25, 0.3) is 0 Å². The molecule has 1 aromatic carbocycles. The molecule has 5 heteroatoms. The van der Waals surface area contributed by atoms with Gasteiger partial charge in [0.1, 0.15) is 5.75 Å². The molecule has 0 saturated carbocycles. The van der Waals surface area contributed by atoms with Crippen molar-refractivity contribution in [2.75, 3.05) is 6.61 Å². The van der Waals surface area contributed by atoms with Crippen LogP contribution in [0.5, 0.6) is 5.75 Å². The fraction of sp³-hybridized carbons (Fsp3) is 0.538. The quantitative estimate of drug-likeness (QED) is 0.915. The Bertz CT molecular complexity index is 516. The predicted octanol–water partition coefficient (Wildman–Crippen LogP) is 2.47. The first-order valence-electron chi connectivity index (χ1n) is 5.93. The third-order valence-corrected chi connectivity index (χ3v) is 3.95. The summed E-state index contributed by atoms with van der Waals surface area (Å²) < 4.78 is 32.2. The van der Waals surface area contributed by atoms with Gasteiger partial charge in [-0.05, 0) is 58.4 Å². The van der Waals surface area contributed by atoms with Crippen LogP contribution in [0.1, 0.15) is 33.3 Å². The van der Waals surface area contributed by atoms with E-state index in [9.17, 15) is 8.42 Å². The SMILES string of the molecule is CCOc1ccc(S(=O)(=O)NC(C)(C)C)cc1C. The molecule has 0 aliphatic carbocycles. The molecule has 4 nitrogen and oxygen atoms in total. The average molecular weight is 271 g/mol. The number of ether oxygens (including phenoxy) is 1. The van der Waals surface area contributed by atoms with Gasteiger partial charge in [-0.25, -0.2) is 13.1 Å². The number of hydrogen-bond donors (Lipinski definition) is 1. The molecule has 1 N–H and O–H groups in total. The zero-order chi connectivity index (χ0) is 14.0. The van der Waals surface area contributed by atoms with Gasteiger partial charge in [0.15, 0.2) is 0 Å². The highest BCUT2D eigenvalue weighted by atomic mass is 32.2. The van der Waals surface area contributed by atoms with Crippen molar-refractivity contribution in [1.82, 2.24) is 4.72 Å². The monoisotopic (exact) mass is 271 g/mol. The van der Waals surface area contributed by atoms with Gasteiger partial charge < -0.3 is 4.74 Å². The van der Waals surface area contributed by atoms with Gasteiger partial charge in [0, 0.05) is 5.54 Å². The summed E-state index contributed by atoms with van der Waals surface area (Å²) in [6.07, 6.45) is 0. The summed E-state index contributed by atoms with van der Waals surface area (Å²) in [6.45, 7) is 9.73. The van der Waals surface area contributed by atoms with Crippen LogP contribution in [0.15, 0.2) is 23.1 Å². The molecule has 0 aliphatic rings. The molecule has 0 radical (unpaired) electrons. The second-order valence-electron chi connectivity index (χ2n) is 5.22. The third-order valence-electron chi connectivity index (χ3n) is 2.20. The average Bonchev–Trinajstić information content (AvgIpc) is 2.17. The third kappa shape index (κ3) is 3.99. The first kappa shape index (κ1) is 15.0. The minimum atomic E-state index is -3.48. The maximum absolute atomic E-state index is 12.1. The molecule has 1 rings (SSSR count). The summed E-state index contributed by atoms with van der Waals surface area (Å²) in [6, 6.07) is 4.88. The molecule has 0 fully saturated rings. The van der Waals surface area contributed by atoms with Gasteiger partial charge in [0.05, 0.1) is 11.5 Å². The van der Waals surface area contributed by atoms with E-state index in [1.54, 1.807) is 18.2 Å². The molecule has 0 spiro atoms. The molecule has 102 valence electrons. The van der Waals surface area contributed by atoms with Gasteiger partial charge in [-0.3, -0.25) is 0 Å². The molecular weight excluding hydrogens is 250 g/mol.